The third-order valence-corrected chi connectivity index (χ3v) is 5.74. The summed E-state index contributed by atoms with van der Waals surface area (Å²) in [6.45, 7) is 4.36. The molecule has 1 aromatic rings. The Morgan fingerprint density at radius 1 is 1.19 bits per heavy atom. The zero-order chi connectivity index (χ0) is 18.7. The van der Waals surface area contributed by atoms with Crippen molar-refractivity contribution in [1.82, 2.24) is 9.80 Å². The molecule has 1 spiro atoms. The Bertz CT molecular complexity index is 690. The van der Waals surface area contributed by atoms with E-state index in [-0.39, 0.29) is 11.8 Å². The fraction of sp³-hybridized carbons (Fsp3) is 0.600. The maximum atomic E-state index is 13.4. The van der Waals surface area contributed by atoms with Crippen molar-refractivity contribution < 1.29 is 19.1 Å². The molecule has 0 bridgehead atoms. The minimum atomic E-state index is -0.696. The van der Waals surface area contributed by atoms with Crippen molar-refractivity contribution in [3.05, 3.63) is 29.3 Å². The molecular formula is C20H28N2O4. The van der Waals surface area contributed by atoms with E-state index in [1.54, 1.807) is 14.2 Å². The second-order valence-corrected chi connectivity index (χ2v) is 7.11. The number of methoxy groups -OCH3 is 2. The molecule has 2 fully saturated rings. The highest BCUT2D eigenvalue weighted by Gasteiger charge is 2.52. The number of benzene rings is 1. The first kappa shape index (κ1) is 18.7. The first-order valence-corrected chi connectivity index (χ1v) is 9.29. The summed E-state index contributed by atoms with van der Waals surface area (Å²) in [5.41, 5.74) is 0.743. The molecule has 3 rings (SSSR count). The van der Waals surface area contributed by atoms with Crippen LogP contribution >= 0.6 is 0 Å². The van der Waals surface area contributed by atoms with E-state index in [2.05, 4.69) is 0 Å². The van der Waals surface area contributed by atoms with Gasteiger partial charge in [-0.05, 0) is 44.7 Å². The normalized spacial score (nSPS) is 23.0. The van der Waals surface area contributed by atoms with Crippen molar-refractivity contribution >= 4 is 11.8 Å². The number of carbonyl (C=O) groups is 2. The molecule has 2 aliphatic heterocycles. The molecule has 1 aromatic carbocycles. The van der Waals surface area contributed by atoms with Crippen LogP contribution in [0.3, 0.4) is 0 Å². The summed E-state index contributed by atoms with van der Waals surface area (Å²) in [4.78, 5) is 30.3. The quantitative estimate of drug-likeness (QED) is 0.808. The molecule has 142 valence electrons. The van der Waals surface area contributed by atoms with Crippen LogP contribution in [0, 0.1) is 6.92 Å². The Morgan fingerprint density at radius 2 is 1.92 bits per heavy atom. The number of hydrogen-bond acceptors (Lipinski definition) is 4. The zero-order valence-corrected chi connectivity index (χ0v) is 15.9. The Hall–Kier alpha value is -2.08. The van der Waals surface area contributed by atoms with Crippen LogP contribution < -0.4 is 4.74 Å². The van der Waals surface area contributed by atoms with Gasteiger partial charge in [-0.25, -0.2) is 0 Å². The molecule has 2 saturated heterocycles. The van der Waals surface area contributed by atoms with Gasteiger partial charge in [-0.1, -0.05) is 6.07 Å². The standard InChI is InChI=1S/C20H28N2O4/c1-15-16(7-4-8-17(15)26-3)18(23)22-12-6-10-20(22)9-5-11-21(19(20)24)13-14-25-2/h4,7-8H,5-6,9-14H2,1-3H3. The van der Waals surface area contributed by atoms with E-state index in [9.17, 15) is 9.59 Å². The van der Waals surface area contributed by atoms with Gasteiger partial charge in [0.15, 0.2) is 0 Å². The van der Waals surface area contributed by atoms with Crippen LogP contribution in [0.25, 0.3) is 0 Å². The van der Waals surface area contributed by atoms with Gasteiger partial charge in [0.2, 0.25) is 5.91 Å². The summed E-state index contributed by atoms with van der Waals surface area (Å²) in [6, 6.07) is 5.50. The predicted octanol–water partition coefficient (Wildman–Crippen LogP) is 2.25. The van der Waals surface area contributed by atoms with Gasteiger partial charge in [-0.2, -0.15) is 0 Å². The van der Waals surface area contributed by atoms with Gasteiger partial charge in [-0.3, -0.25) is 9.59 Å². The smallest absolute Gasteiger partial charge is 0.255 e. The molecule has 1 unspecified atom stereocenters. The Labute approximate surface area is 155 Å². The van der Waals surface area contributed by atoms with Gasteiger partial charge in [-0.15, -0.1) is 0 Å². The van der Waals surface area contributed by atoms with Crippen LogP contribution in [0.15, 0.2) is 18.2 Å². The number of ether oxygens (including phenoxy) is 2. The topological polar surface area (TPSA) is 59.1 Å². The molecule has 2 heterocycles. The van der Waals surface area contributed by atoms with E-state index >= 15 is 0 Å². The van der Waals surface area contributed by atoms with E-state index in [0.29, 0.717) is 31.0 Å². The number of hydrogen-bond donors (Lipinski definition) is 0. The van der Waals surface area contributed by atoms with Crippen LogP contribution in [0.2, 0.25) is 0 Å². The fourth-order valence-electron chi connectivity index (χ4n) is 4.35. The number of likely N-dealkylation sites (tertiary alicyclic amines) is 2. The molecule has 1 atom stereocenters. The molecule has 0 radical (unpaired) electrons. The molecule has 0 saturated carbocycles. The Morgan fingerprint density at radius 3 is 2.62 bits per heavy atom. The summed E-state index contributed by atoms with van der Waals surface area (Å²) < 4.78 is 10.5. The number of rotatable bonds is 5. The SMILES string of the molecule is COCCN1CCCC2(CCCN2C(=O)c2cccc(OC)c2C)C1=O. The lowest BCUT2D eigenvalue weighted by molar-refractivity contribution is -0.146. The largest absolute Gasteiger partial charge is 0.496 e. The van der Waals surface area contributed by atoms with Crippen molar-refractivity contribution in [3.63, 3.8) is 0 Å². The van der Waals surface area contributed by atoms with Crippen molar-refractivity contribution in [1.29, 1.82) is 0 Å². The zero-order valence-electron chi connectivity index (χ0n) is 15.9. The fourth-order valence-corrected chi connectivity index (χ4v) is 4.35. The summed E-state index contributed by atoms with van der Waals surface area (Å²) in [7, 11) is 3.24. The summed E-state index contributed by atoms with van der Waals surface area (Å²) in [5.74, 6) is 0.703. The van der Waals surface area contributed by atoms with E-state index in [1.807, 2.05) is 34.9 Å². The summed E-state index contributed by atoms with van der Waals surface area (Å²) in [6.07, 6.45) is 3.25. The van der Waals surface area contributed by atoms with Gasteiger partial charge >= 0.3 is 0 Å². The van der Waals surface area contributed by atoms with Gasteiger partial charge in [0.05, 0.1) is 13.7 Å². The highest BCUT2D eigenvalue weighted by Crippen LogP contribution is 2.39. The van der Waals surface area contributed by atoms with Gasteiger partial charge in [0.1, 0.15) is 11.3 Å². The van der Waals surface area contributed by atoms with Gasteiger partial charge in [0, 0.05) is 37.9 Å². The molecule has 2 amide bonds. The minimum absolute atomic E-state index is 0.0687. The second kappa shape index (κ2) is 7.66. The van der Waals surface area contributed by atoms with E-state index in [4.69, 9.17) is 9.47 Å². The number of carbonyl (C=O) groups excluding carboxylic acids is 2. The first-order chi connectivity index (χ1) is 12.5. The number of amides is 2. The van der Waals surface area contributed by atoms with Gasteiger partial charge in [0.25, 0.3) is 5.91 Å². The lowest BCUT2D eigenvalue weighted by atomic mass is 9.85. The monoisotopic (exact) mass is 360 g/mol. The molecule has 2 aliphatic rings. The highest BCUT2D eigenvalue weighted by molar-refractivity contribution is 6.01. The second-order valence-electron chi connectivity index (χ2n) is 7.11. The van der Waals surface area contributed by atoms with Crippen molar-refractivity contribution in [2.75, 3.05) is 40.5 Å². The van der Waals surface area contributed by atoms with Gasteiger partial charge < -0.3 is 19.3 Å². The molecule has 0 aromatic heterocycles. The molecule has 26 heavy (non-hydrogen) atoms. The molecule has 6 nitrogen and oxygen atoms in total. The average molecular weight is 360 g/mol. The molecule has 0 aliphatic carbocycles. The van der Waals surface area contributed by atoms with E-state index in [1.165, 1.54) is 0 Å². The summed E-state index contributed by atoms with van der Waals surface area (Å²) >= 11 is 0. The molecular weight excluding hydrogens is 332 g/mol. The lowest BCUT2D eigenvalue weighted by Crippen LogP contribution is -2.61. The first-order valence-electron chi connectivity index (χ1n) is 9.29. The van der Waals surface area contributed by atoms with Crippen molar-refractivity contribution in [2.24, 2.45) is 0 Å². The van der Waals surface area contributed by atoms with Crippen molar-refractivity contribution in [3.8, 4) is 5.75 Å². The third kappa shape index (κ3) is 3.07. The van der Waals surface area contributed by atoms with Crippen LogP contribution in [0.4, 0.5) is 0 Å². The maximum absolute atomic E-state index is 13.4. The van der Waals surface area contributed by atoms with E-state index < -0.39 is 5.54 Å². The molecule has 6 heteroatoms. The van der Waals surface area contributed by atoms with E-state index in [0.717, 1.165) is 37.8 Å². The number of piperidine rings is 1. The molecule has 0 N–H and O–H groups in total. The summed E-state index contributed by atoms with van der Waals surface area (Å²) in [5, 5.41) is 0. The maximum Gasteiger partial charge on any atom is 0.255 e. The number of nitrogens with zero attached hydrogens (tertiary/aromatic N) is 2. The predicted molar refractivity (Wildman–Crippen MR) is 98.4 cm³/mol. The van der Waals surface area contributed by atoms with Crippen molar-refractivity contribution in [2.45, 2.75) is 38.1 Å². The van der Waals surface area contributed by atoms with Crippen LogP contribution in [-0.2, 0) is 9.53 Å². The Balaban J connectivity index is 1.90. The van der Waals surface area contributed by atoms with Crippen LogP contribution in [0.1, 0.15) is 41.6 Å². The minimum Gasteiger partial charge on any atom is -0.496 e. The third-order valence-electron chi connectivity index (χ3n) is 5.74. The van der Waals surface area contributed by atoms with Crippen LogP contribution in [0.5, 0.6) is 5.75 Å². The van der Waals surface area contributed by atoms with Crippen LogP contribution in [-0.4, -0.2) is 67.6 Å². The Kier molecular flexibility index (Phi) is 5.51. The lowest BCUT2D eigenvalue weighted by Gasteiger charge is -2.44. The highest BCUT2D eigenvalue weighted by atomic mass is 16.5. The average Bonchev–Trinajstić information content (AvgIpc) is 3.07.